The van der Waals surface area contributed by atoms with E-state index in [2.05, 4.69) is 0 Å². The van der Waals surface area contributed by atoms with Crippen molar-refractivity contribution in [3.8, 4) is 0 Å². The van der Waals surface area contributed by atoms with Gasteiger partial charge in [-0.15, -0.1) is 0 Å². The first-order valence-corrected chi connectivity index (χ1v) is 6.78. The number of hydrogen-bond donors (Lipinski definition) is 2. The molecule has 2 heterocycles. The molecule has 0 aromatic heterocycles. The van der Waals surface area contributed by atoms with E-state index in [-0.39, 0.29) is 18.5 Å². The zero-order valence-corrected chi connectivity index (χ0v) is 11.9. The van der Waals surface area contributed by atoms with Crippen molar-refractivity contribution in [2.75, 3.05) is 19.8 Å². The molecule has 1 aromatic rings. The number of rotatable bonds is 1. The average Bonchev–Trinajstić information content (AvgIpc) is 2.49. The molecule has 21 heavy (non-hydrogen) atoms. The van der Waals surface area contributed by atoms with Crippen molar-refractivity contribution in [3.05, 3.63) is 35.4 Å². The number of ether oxygens (including phenoxy) is 2. The van der Waals surface area contributed by atoms with Crippen LogP contribution in [-0.2, 0) is 9.47 Å². The van der Waals surface area contributed by atoms with Gasteiger partial charge in [-0.3, -0.25) is 0 Å². The minimum atomic E-state index is -0.560. The van der Waals surface area contributed by atoms with Gasteiger partial charge < -0.3 is 19.7 Å². The first-order valence-electron chi connectivity index (χ1n) is 6.78. The molecule has 1 aromatic carbocycles. The van der Waals surface area contributed by atoms with Crippen LogP contribution in [0.25, 0.3) is 0 Å². The second-order valence-corrected chi connectivity index (χ2v) is 4.59. The molecular formula is C15H20O6. The van der Waals surface area contributed by atoms with E-state index in [0.717, 1.165) is 0 Å². The number of hydrogen-bond acceptors (Lipinski definition) is 6. The van der Waals surface area contributed by atoms with Gasteiger partial charge in [0.25, 0.3) is 0 Å². The third-order valence-corrected chi connectivity index (χ3v) is 2.63. The summed E-state index contributed by atoms with van der Waals surface area (Å²) in [6.07, 6.45) is 0.847. The molecule has 6 nitrogen and oxygen atoms in total. The van der Waals surface area contributed by atoms with Crippen LogP contribution in [0.4, 0.5) is 0 Å². The number of aliphatic hydroxyl groups is 2. The molecule has 0 aliphatic carbocycles. The fourth-order valence-electron chi connectivity index (χ4n) is 1.44. The molecule has 0 amide bonds. The number of carbonyl (C=O) groups is 2. The molecule has 2 N–H and O–H groups in total. The number of carbonyl (C=O) groups excluding carboxylic acids is 2. The maximum atomic E-state index is 11.5. The van der Waals surface area contributed by atoms with Gasteiger partial charge in [0.1, 0.15) is 0 Å². The van der Waals surface area contributed by atoms with E-state index in [1.165, 1.54) is 6.92 Å². The molecule has 3 rings (SSSR count). The van der Waals surface area contributed by atoms with Crippen molar-refractivity contribution >= 4 is 11.9 Å². The highest BCUT2D eigenvalue weighted by atomic mass is 16.5. The maximum absolute atomic E-state index is 11.5. The number of benzene rings is 1. The summed E-state index contributed by atoms with van der Waals surface area (Å²) in [6.45, 7) is 2.11. The molecular weight excluding hydrogens is 276 g/mol. The second kappa shape index (κ2) is 9.10. The smallest absolute Gasteiger partial charge is 0.338 e. The van der Waals surface area contributed by atoms with E-state index in [1.54, 1.807) is 24.3 Å². The number of fused-ring (bicyclic) bond motifs is 9. The van der Waals surface area contributed by atoms with Gasteiger partial charge in [-0.25, -0.2) is 9.59 Å². The molecule has 2 aliphatic heterocycles. The second-order valence-electron chi connectivity index (χ2n) is 4.59. The van der Waals surface area contributed by atoms with Crippen LogP contribution in [0.2, 0.25) is 0 Å². The summed E-state index contributed by atoms with van der Waals surface area (Å²) >= 11 is 0. The van der Waals surface area contributed by atoms with E-state index >= 15 is 0 Å². The Labute approximate surface area is 123 Å². The molecule has 6 heteroatoms. The fraction of sp³-hybridized carbons (Fsp3) is 0.467. The SMILES string of the molecule is CC(O)CO.O=C1OCCCCOC(=O)c2ccc1cc2. The third-order valence-electron chi connectivity index (χ3n) is 2.63. The third kappa shape index (κ3) is 6.37. The van der Waals surface area contributed by atoms with Gasteiger partial charge in [-0.2, -0.15) is 0 Å². The highest BCUT2D eigenvalue weighted by Crippen LogP contribution is 2.09. The van der Waals surface area contributed by atoms with Crippen LogP contribution in [0.15, 0.2) is 24.3 Å². The van der Waals surface area contributed by atoms with Crippen LogP contribution >= 0.6 is 0 Å². The van der Waals surface area contributed by atoms with Crippen LogP contribution < -0.4 is 0 Å². The van der Waals surface area contributed by atoms with E-state index in [9.17, 15) is 9.59 Å². The van der Waals surface area contributed by atoms with Crippen molar-refractivity contribution in [3.63, 3.8) is 0 Å². The zero-order valence-electron chi connectivity index (χ0n) is 11.9. The summed E-state index contributed by atoms with van der Waals surface area (Å²) in [5, 5.41) is 16.0. The van der Waals surface area contributed by atoms with Crippen LogP contribution in [0.3, 0.4) is 0 Å². The number of aliphatic hydroxyl groups excluding tert-OH is 2. The monoisotopic (exact) mass is 296 g/mol. The highest BCUT2D eigenvalue weighted by molar-refractivity contribution is 5.93. The Bertz CT molecular complexity index is 413. The summed E-state index contributed by atoms with van der Waals surface area (Å²) < 4.78 is 10.1. The van der Waals surface area contributed by atoms with Crippen LogP contribution in [-0.4, -0.2) is 48.1 Å². The first kappa shape index (κ1) is 17.1. The minimum Gasteiger partial charge on any atom is -0.462 e. The first-order chi connectivity index (χ1) is 10.0. The van der Waals surface area contributed by atoms with Crippen molar-refractivity contribution in [2.45, 2.75) is 25.9 Å². The highest BCUT2D eigenvalue weighted by Gasteiger charge is 2.12. The van der Waals surface area contributed by atoms with E-state index in [0.29, 0.717) is 37.2 Å². The molecule has 0 spiro atoms. The Hall–Kier alpha value is -1.92. The lowest BCUT2D eigenvalue weighted by atomic mass is 10.1. The van der Waals surface area contributed by atoms with Crippen molar-refractivity contribution in [1.29, 1.82) is 0 Å². The molecule has 1 unspecified atom stereocenters. The summed E-state index contributed by atoms with van der Waals surface area (Å²) in [7, 11) is 0. The Morgan fingerprint density at radius 1 is 1.00 bits per heavy atom. The van der Waals surface area contributed by atoms with Crippen LogP contribution in [0.5, 0.6) is 0 Å². The lowest BCUT2D eigenvalue weighted by Gasteiger charge is -2.09. The van der Waals surface area contributed by atoms with Gasteiger partial charge >= 0.3 is 11.9 Å². The molecule has 0 radical (unpaired) electrons. The van der Waals surface area contributed by atoms with Crippen molar-refractivity contribution in [1.82, 2.24) is 0 Å². The topological polar surface area (TPSA) is 93.1 Å². The zero-order chi connectivity index (χ0) is 15.7. The molecule has 2 aliphatic rings. The Kier molecular flexibility index (Phi) is 7.42. The van der Waals surface area contributed by atoms with E-state index in [4.69, 9.17) is 19.7 Å². The normalized spacial score (nSPS) is 16.5. The summed E-state index contributed by atoms with van der Waals surface area (Å²) in [5.41, 5.74) is 0.911. The summed E-state index contributed by atoms with van der Waals surface area (Å²) in [5.74, 6) is -0.694. The molecule has 0 saturated heterocycles. The van der Waals surface area contributed by atoms with E-state index < -0.39 is 6.10 Å². The lowest BCUT2D eigenvalue weighted by Crippen LogP contribution is -2.12. The summed E-state index contributed by atoms with van der Waals surface area (Å²) in [4.78, 5) is 23.0. The quantitative estimate of drug-likeness (QED) is 0.755. The molecule has 1 atom stereocenters. The molecule has 0 fully saturated rings. The van der Waals surface area contributed by atoms with Gasteiger partial charge in [-0.05, 0) is 44.0 Å². The maximum Gasteiger partial charge on any atom is 0.338 e. The van der Waals surface area contributed by atoms with E-state index in [1.807, 2.05) is 0 Å². The van der Waals surface area contributed by atoms with Crippen LogP contribution in [0, 0.1) is 0 Å². The lowest BCUT2D eigenvalue weighted by molar-refractivity contribution is 0.0427. The van der Waals surface area contributed by atoms with Gasteiger partial charge in [0.2, 0.25) is 0 Å². The average molecular weight is 296 g/mol. The Balaban J connectivity index is 0.000000383. The number of esters is 2. The van der Waals surface area contributed by atoms with Gasteiger partial charge in [0.15, 0.2) is 0 Å². The molecule has 116 valence electrons. The minimum absolute atomic E-state index is 0.139. The molecule has 2 bridgehead atoms. The van der Waals surface area contributed by atoms with Crippen LogP contribution in [0.1, 0.15) is 40.5 Å². The van der Waals surface area contributed by atoms with Gasteiger partial charge in [0.05, 0.1) is 37.1 Å². The largest absolute Gasteiger partial charge is 0.462 e. The Morgan fingerprint density at radius 2 is 1.33 bits per heavy atom. The fourth-order valence-corrected chi connectivity index (χ4v) is 1.44. The van der Waals surface area contributed by atoms with Gasteiger partial charge in [0, 0.05) is 0 Å². The predicted octanol–water partition coefficient (Wildman–Crippen LogP) is 1.15. The standard InChI is InChI=1S/C12H12O4.C3H8O2/c13-11-9-3-5-10(6-4-9)12(14)16-8-2-1-7-15-11;1-3(5)2-4/h3-6H,1-2,7-8H2;3-5H,2H2,1H3. The van der Waals surface area contributed by atoms with Crippen molar-refractivity contribution < 1.29 is 29.3 Å². The summed E-state index contributed by atoms with van der Waals surface area (Å²) in [6, 6.07) is 6.28. The predicted molar refractivity (Wildman–Crippen MR) is 75.0 cm³/mol. The van der Waals surface area contributed by atoms with Crippen molar-refractivity contribution in [2.24, 2.45) is 0 Å². The van der Waals surface area contributed by atoms with Gasteiger partial charge in [-0.1, -0.05) is 0 Å². The molecule has 0 saturated carbocycles. The Morgan fingerprint density at radius 3 is 1.62 bits per heavy atom.